The molecule has 0 spiro atoms. The molecule has 3 rings (SSSR count). The molecule has 0 fully saturated rings. The third kappa shape index (κ3) is 3.14. The van der Waals surface area contributed by atoms with Crippen LogP contribution in [0.15, 0.2) is 49.9 Å². The highest BCUT2D eigenvalue weighted by atomic mass is 79.9. The van der Waals surface area contributed by atoms with Gasteiger partial charge in [0.15, 0.2) is 0 Å². The molecule has 0 saturated carbocycles. The minimum absolute atomic E-state index is 0.309. The number of hydrogen-bond acceptors (Lipinski definition) is 4. The van der Waals surface area contributed by atoms with Gasteiger partial charge in [0.05, 0.1) is 0 Å². The highest BCUT2D eigenvalue weighted by Gasteiger charge is 2.13. The van der Waals surface area contributed by atoms with Crippen LogP contribution in [0.3, 0.4) is 0 Å². The quantitative estimate of drug-likeness (QED) is 0.622. The second-order valence-electron chi connectivity index (χ2n) is 4.35. The predicted octanol–water partition coefficient (Wildman–Crippen LogP) is 4.65. The van der Waals surface area contributed by atoms with Gasteiger partial charge in [-0.2, -0.15) is 4.98 Å². The van der Waals surface area contributed by atoms with E-state index in [-0.39, 0.29) is 5.82 Å². The molecule has 0 unspecified atom stereocenters. The highest BCUT2D eigenvalue weighted by molar-refractivity contribution is 9.10. The fourth-order valence-corrected chi connectivity index (χ4v) is 2.85. The smallest absolute Gasteiger partial charge is 0.258 e. The van der Waals surface area contributed by atoms with Gasteiger partial charge in [-0.25, -0.2) is 4.39 Å². The Hall–Kier alpha value is -1.73. The topological polar surface area (TPSA) is 64.9 Å². The van der Waals surface area contributed by atoms with Gasteiger partial charge in [0, 0.05) is 25.8 Å². The lowest BCUT2D eigenvalue weighted by Crippen LogP contribution is -1.87. The van der Waals surface area contributed by atoms with E-state index in [0.717, 1.165) is 4.47 Å². The van der Waals surface area contributed by atoms with Crippen LogP contribution in [-0.2, 0) is 0 Å². The van der Waals surface area contributed by atoms with Gasteiger partial charge >= 0.3 is 0 Å². The summed E-state index contributed by atoms with van der Waals surface area (Å²) in [5.41, 5.74) is 7.57. The summed E-state index contributed by atoms with van der Waals surface area (Å²) in [4.78, 5) is 4.27. The van der Waals surface area contributed by atoms with Crippen LogP contribution in [-0.4, -0.2) is 10.1 Å². The number of nitrogen functional groups attached to an aromatic ring is 1. The van der Waals surface area contributed by atoms with Crippen LogP contribution >= 0.6 is 31.9 Å². The number of aromatic nitrogens is 2. The summed E-state index contributed by atoms with van der Waals surface area (Å²) < 4.78 is 20.0. The molecule has 0 atom stereocenters. The van der Waals surface area contributed by atoms with Gasteiger partial charge in [0.2, 0.25) is 5.82 Å². The molecule has 0 aliphatic heterocycles. The van der Waals surface area contributed by atoms with E-state index in [0.29, 0.717) is 33.0 Å². The zero-order chi connectivity index (χ0) is 15.0. The summed E-state index contributed by atoms with van der Waals surface area (Å²) in [5, 5.41) is 3.87. The maximum atomic E-state index is 13.4. The van der Waals surface area contributed by atoms with Crippen molar-refractivity contribution in [3.8, 4) is 22.8 Å². The minimum Gasteiger partial charge on any atom is -0.399 e. The molecule has 2 N–H and O–H groups in total. The average molecular weight is 413 g/mol. The number of nitrogens with zero attached hydrogens (tertiary/aromatic N) is 2. The van der Waals surface area contributed by atoms with Crippen molar-refractivity contribution in [2.75, 3.05) is 5.73 Å². The molecule has 106 valence electrons. The van der Waals surface area contributed by atoms with Crippen molar-refractivity contribution >= 4 is 37.5 Å². The lowest BCUT2D eigenvalue weighted by Gasteiger charge is -1.99. The third-order valence-corrected chi connectivity index (χ3v) is 3.63. The highest BCUT2D eigenvalue weighted by Crippen LogP contribution is 2.28. The molecule has 0 amide bonds. The summed E-state index contributed by atoms with van der Waals surface area (Å²) >= 11 is 6.59. The Morgan fingerprint density at radius 2 is 1.67 bits per heavy atom. The Balaban J connectivity index is 2.03. The average Bonchev–Trinajstić information content (AvgIpc) is 2.85. The van der Waals surface area contributed by atoms with Gasteiger partial charge in [0.25, 0.3) is 5.89 Å². The molecule has 0 aliphatic carbocycles. The Labute approximate surface area is 136 Å². The van der Waals surface area contributed by atoms with Crippen molar-refractivity contribution < 1.29 is 8.91 Å². The molecule has 4 nitrogen and oxygen atoms in total. The number of benzene rings is 2. The zero-order valence-electron chi connectivity index (χ0n) is 10.5. The fourth-order valence-electron chi connectivity index (χ4n) is 1.88. The number of rotatable bonds is 2. The Bertz CT molecular complexity index is 713. The molecule has 1 aromatic heterocycles. The maximum Gasteiger partial charge on any atom is 0.258 e. The molecular weight excluding hydrogens is 405 g/mol. The molecule has 0 aliphatic rings. The van der Waals surface area contributed by atoms with Crippen molar-refractivity contribution in [3.63, 3.8) is 0 Å². The van der Waals surface area contributed by atoms with E-state index in [4.69, 9.17) is 10.3 Å². The third-order valence-electron chi connectivity index (χ3n) is 2.71. The molecule has 0 radical (unpaired) electrons. The zero-order valence-corrected chi connectivity index (χ0v) is 13.7. The summed E-state index contributed by atoms with van der Waals surface area (Å²) in [5.74, 6) is 0.250. The van der Waals surface area contributed by atoms with Crippen LogP contribution in [0.5, 0.6) is 0 Å². The monoisotopic (exact) mass is 411 g/mol. The van der Waals surface area contributed by atoms with Crippen LogP contribution in [0.2, 0.25) is 0 Å². The first-order valence-corrected chi connectivity index (χ1v) is 7.46. The van der Waals surface area contributed by atoms with Crippen molar-refractivity contribution in [1.29, 1.82) is 0 Å². The number of halogens is 3. The number of anilines is 1. The Kier molecular flexibility index (Phi) is 3.77. The van der Waals surface area contributed by atoms with Crippen molar-refractivity contribution in [2.45, 2.75) is 0 Å². The molecular formula is C14H8Br2FN3O. The van der Waals surface area contributed by atoms with E-state index in [1.54, 1.807) is 18.2 Å². The van der Waals surface area contributed by atoms with Gasteiger partial charge in [-0.1, -0.05) is 37.0 Å². The number of nitrogens with two attached hydrogens (primary N) is 1. The van der Waals surface area contributed by atoms with Crippen molar-refractivity contribution in [1.82, 2.24) is 10.1 Å². The normalized spacial score (nSPS) is 10.8. The van der Waals surface area contributed by atoms with Gasteiger partial charge in [-0.15, -0.1) is 0 Å². The first-order valence-electron chi connectivity index (χ1n) is 5.88. The summed E-state index contributed by atoms with van der Waals surface area (Å²) in [7, 11) is 0. The fraction of sp³-hybridized carbons (Fsp3) is 0. The van der Waals surface area contributed by atoms with E-state index >= 15 is 0 Å². The van der Waals surface area contributed by atoms with Crippen molar-refractivity contribution in [2.24, 2.45) is 0 Å². The van der Waals surface area contributed by atoms with Crippen LogP contribution in [0.25, 0.3) is 22.8 Å². The SMILES string of the molecule is Nc1cc(Br)cc(-c2nc(-c3cc(F)cc(Br)c3)no2)c1. The maximum absolute atomic E-state index is 13.4. The van der Waals surface area contributed by atoms with E-state index in [2.05, 4.69) is 42.0 Å². The second-order valence-corrected chi connectivity index (χ2v) is 6.19. The Morgan fingerprint density at radius 1 is 0.952 bits per heavy atom. The molecule has 0 bridgehead atoms. The van der Waals surface area contributed by atoms with E-state index in [9.17, 15) is 4.39 Å². The van der Waals surface area contributed by atoms with Crippen LogP contribution in [0, 0.1) is 5.82 Å². The van der Waals surface area contributed by atoms with E-state index in [1.807, 2.05) is 6.07 Å². The molecule has 3 aromatic rings. The largest absolute Gasteiger partial charge is 0.399 e. The molecule has 1 heterocycles. The Morgan fingerprint density at radius 3 is 2.38 bits per heavy atom. The van der Waals surface area contributed by atoms with Gasteiger partial charge in [-0.3, -0.25) is 0 Å². The number of hydrogen-bond donors (Lipinski definition) is 1. The molecule has 0 saturated heterocycles. The molecule has 21 heavy (non-hydrogen) atoms. The van der Waals surface area contributed by atoms with E-state index in [1.165, 1.54) is 12.1 Å². The van der Waals surface area contributed by atoms with Gasteiger partial charge < -0.3 is 10.3 Å². The van der Waals surface area contributed by atoms with Crippen molar-refractivity contribution in [3.05, 3.63) is 51.2 Å². The lowest BCUT2D eigenvalue weighted by atomic mass is 10.2. The summed E-state index contributed by atoms with van der Waals surface area (Å²) in [6.45, 7) is 0. The van der Waals surface area contributed by atoms with Crippen LogP contribution in [0.1, 0.15) is 0 Å². The lowest BCUT2D eigenvalue weighted by molar-refractivity contribution is 0.432. The second kappa shape index (κ2) is 5.57. The van der Waals surface area contributed by atoms with E-state index < -0.39 is 0 Å². The summed E-state index contributed by atoms with van der Waals surface area (Å²) in [6.07, 6.45) is 0. The standard InChI is InChI=1S/C14H8Br2FN3O/c15-9-1-7(3-11(17)5-9)13-19-14(21-20-13)8-2-10(16)6-12(18)4-8/h1-6H,18H2. The predicted molar refractivity (Wildman–Crippen MR) is 84.9 cm³/mol. The first-order chi connectivity index (χ1) is 10.0. The molecule has 2 aromatic carbocycles. The molecule has 7 heteroatoms. The minimum atomic E-state index is -0.377. The first kappa shape index (κ1) is 14.2. The van der Waals surface area contributed by atoms with Crippen LogP contribution < -0.4 is 5.73 Å². The summed E-state index contributed by atoms with van der Waals surface area (Å²) in [6, 6.07) is 9.73. The van der Waals surface area contributed by atoms with Crippen LogP contribution in [0.4, 0.5) is 10.1 Å². The van der Waals surface area contributed by atoms with Gasteiger partial charge in [0.1, 0.15) is 5.82 Å². The van der Waals surface area contributed by atoms with Gasteiger partial charge in [-0.05, 0) is 36.4 Å².